The summed E-state index contributed by atoms with van der Waals surface area (Å²) in [6.45, 7) is 0.588. The van der Waals surface area contributed by atoms with Crippen molar-refractivity contribution in [1.29, 1.82) is 0 Å². The average Bonchev–Trinajstić information content (AvgIpc) is 3.26. The lowest BCUT2D eigenvalue weighted by molar-refractivity contribution is 0.0988. The second-order valence-corrected chi connectivity index (χ2v) is 7.33. The molecule has 0 unspecified atom stereocenters. The van der Waals surface area contributed by atoms with E-state index in [1.54, 1.807) is 54.5 Å². The number of nitrogens with zero attached hydrogens (tertiary/aromatic N) is 1. The highest BCUT2D eigenvalue weighted by Gasteiger charge is 2.26. The maximum Gasteiger partial charge on any atom is 0.258 e. The van der Waals surface area contributed by atoms with Gasteiger partial charge in [-0.15, -0.1) is 0 Å². The SMILES string of the molecule is COc1ccc(C(=O)N2CCc3ccc(NC(=O)c4cc(OC)cc(OC)c4)cc32)cc1. The van der Waals surface area contributed by atoms with Gasteiger partial charge in [-0.25, -0.2) is 0 Å². The van der Waals surface area contributed by atoms with E-state index < -0.39 is 0 Å². The number of fused-ring (bicyclic) bond motifs is 1. The fraction of sp³-hybridized carbons (Fsp3) is 0.200. The summed E-state index contributed by atoms with van der Waals surface area (Å²) >= 11 is 0. The van der Waals surface area contributed by atoms with Gasteiger partial charge in [0.15, 0.2) is 0 Å². The molecule has 1 N–H and O–H groups in total. The van der Waals surface area contributed by atoms with Crippen LogP contribution < -0.4 is 24.4 Å². The molecule has 0 aliphatic carbocycles. The van der Waals surface area contributed by atoms with Gasteiger partial charge < -0.3 is 24.4 Å². The minimum Gasteiger partial charge on any atom is -0.497 e. The first kappa shape index (κ1) is 21.2. The van der Waals surface area contributed by atoms with E-state index in [1.165, 1.54) is 14.2 Å². The molecule has 3 aromatic rings. The van der Waals surface area contributed by atoms with E-state index in [0.29, 0.717) is 40.6 Å². The Morgan fingerprint density at radius 1 is 0.781 bits per heavy atom. The Hall–Kier alpha value is -4.00. The van der Waals surface area contributed by atoms with Gasteiger partial charge in [0.25, 0.3) is 11.8 Å². The van der Waals surface area contributed by atoms with E-state index in [2.05, 4.69) is 5.32 Å². The summed E-state index contributed by atoms with van der Waals surface area (Å²) in [6, 6.07) is 17.6. The fourth-order valence-electron chi connectivity index (χ4n) is 3.70. The van der Waals surface area contributed by atoms with Gasteiger partial charge in [-0.2, -0.15) is 0 Å². The zero-order valence-corrected chi connectivity index (χ0v) is 18.2. The van der Waals surface area contributed by atoms with Crippen LogP contribution in [0, 0.1) is 0 Å². The van der Waals surface area contributed by atoms with Gasteiger partial charge in [0, 0.05) is 35.1 Å². The van der Waals surface area contributed by atoms with Crippen molar-refractivity contribution < 1.29 is 23.8 Å². The number of carbonyl (C=O) groups is 2. The standard InChI is InChI=1S/C25H24N2O5/c1-30-20-8-5-17(6-9-20)25(29)27-11-10-16-4-7-19(14-23(16)27)26-24(28)18-12-21(31-2)15-22(13-18)32-3/h4-9,12-15H,10-11H2,1-3H3,(H,26,28). The molecule has 4 rings (SSSR count). The van der Waals surface area contributed by atoms with Gasteiger partial charge in [0.2, 0.25) is 0 Å². The Balaban J connectivity index is 1.56. The number of carbonyl (C=O) groups excluding carboxylic acids is 2. The molecule has 1 aliphatic heterocycles. The van der Waals surface area contributed by atoms with Crippen LogP contribution in [0.1, 0.15) is 26.3 Å². The van der Waals surface area contributed by atoms with Crippen molar-refractivity contribution in [3.63, 3.8) is 0 Å². The number of hydrogen-bond acceptors (Lipinski definition) is 5. The van der Waals surface area contributed by atoms with Crippen molar-refractivity contribution in [2.45, 2.75) is 6.42 Å². The maximum atomic E-state index is 13.1. The predicted octanol–water partition coefficient (Wildman–Crippen LogP) is 4.17. The van der Waals surface area contributed by atoms with Crippen LogP contribution in [0.25, 0.3) is 0 Å². The summed E-state index contributed by atoms with van der Waals surface area (Å²) in [5, 5.41) is 2.90. The quantitative estimate of drug-likeness (QED) is 0.633. The predicted molar refractivity (Wildman–Crippen MR) is 122 cm³/mol. The molecule has 164 valence electrons. The van der Waals surface area contributed by atoms with Crippen LogP contribution >= 0.6 is 0 Å². The Kier molecular flexibility index (Phi) is 5.98. The fourth-order valence-corrected chi connectivity index (χ4v) is 3.70. The van der Waals surface area contributed by atoms with Crippen LogP contribution in [0.4, 0.5) is 11.4 Å². The first-order valence-corrected chi connectivity index (χ1v) is 10.2. The number of amides is 2. The molecule has 0 saturated carbocycles. The first-order valence-electron chi connectivity index (χ1n) is 10.2. The number of anilines is 2. The Morgan fingerprint density at radius 3 is 2.06 bits per heavy atom. The third-order valence-corrected chi connectivity index (χ3v) is 5.43. The van der Waals surface area contributed by atoms with Crippen molar-refractivity contribution in [2.75, 3.05) is 38.1 Å². The van der Waals surface area contributed by atoms with E-state index in [-0.39, 0.29) is 11.8 Å². The van der Waals surface area contributed by atoms with E-state index >= 15 is 0 Å². The molecule has 7 nitrogen and oxygen atoms in total. The van der Waals surface area contributed by atoms with Crippen LogP contribution in [0.3, 0.4) is 0 Å². The lowest BCUT2D eigenvalue weighted by Gasteiger charge is -2.18. The lowest BCUT2D eigenvalue weighted by atomic mass is 10.1. The summed E-state index contributed by atoms with van der Waals surface area (Å²) in [5.41, 5.74) is 3.45. The minimum absolute atomic E-state index is 0.0904. The molecule has 0 bridgehead atoms. The molecular formula is C25H24N2O5. The zero-order valence-electron chi connectivity index (χ0n) is 18.2. The molecule has 7 heteroatoms. The number of benzene rings is 3. The smallest absolute Gasteiger partial charge is 0.258 e. The molecule has 0 saturated heterocycles. The van der Waals surface area contributed by atoms with Crippen LogP contribution in [-0.4, -0.2) is 39.7 Å². The summed E-state index contributed by atoms with van der Waals surface area (Å²) in [5.74, 6) is 1.36. The molecule has 0 atom stereocenters. The van der Waals surface area contributed by atoms with Crippen molar-refractivity contribution in [3.8, 4) is 17.2 Å². The molecular weight excluding hydrogens is 408 g/mol. The molecule has 3 aromatic carbocycles. The highest BCUT2D eigenvalue weighted by molar-refractivity contribution is 6.08. The lowest BCUT2D eigenvalue weighted by Crippen LogP contribution is -2.28. The Labute approximate surface area is 186 Å². The summed E-state index contributed by atoms with van der Waals surface area (Å²) in [4.78, 5) is 27.6. The normalized spacial score (nSPS) is 12.2. The summed E-state index contributed by atoms with van der Waals surface area (Å²) in [7, 11) is 4.65. The molecule has 0 fully saturated rings. The number of ether oxygens (including phenoxy) is 3. The highest BCUT2D eigenvalue weighted by atomic mass is 16.5. The van der Waals surface area contributed by atoms with Crippen LogP contribution in [0.5, 0.6) is 17.2 Å². The van der Waals surface area contributed by atoms with E-state index in [9.17, 15) is 9.59 Å². The Bertz CT molecular complexity index is 1140. The summed E-state index contributed by atoms with van der Waals surface area (Å²) < 4.78 is 15.7. The van der Waals surface area contributed by atoms with E-state index in [4.69, 9.17) is 14.2 Å². The van der Waals surface area contributed by atoms with Crippen molar-refractivity contribution in [3.05, 3.63) is 77.4 Å². The molecule has 0 aromatic heterocycles. The minimum atomic E-state index is -0.298. The average molecular weight is 432 g/mol. The third-order valence-electron chi connectivity index (χ3n) is 5.43. The molecule has 32 heavy (non-hydrogen) atoms. The van der Waals surface area contributed by atoms with Crippen molar-refractivity contribution in [1.82, 2.24) is 0 Å². The highest BCUT2D eigenvalue weighted by Crippen LogP contribution is 2.33. The second-order valence-electron chi connectivity index (χ2n) is 7.33. The molecule has 0 radical (unpaired) electrons. The first-order chi connectivity index (χ1) is 15.5. The Morgan fingerprint density at radius 2 is 1.44 bits per heavy atom. The molecule has 1 aliphatic rings. The maximum absolute atomic E-state index is 13.1. The largest absolute Gasteiger partial charge is 0.497 e. The number of hydrogen-bond donors (Lipinski definition) is 1. The third kappa shape index (κ3) is 4.23. The molecule has 0 spiro atoms. The number of rotatable bonds is 6. The zero-order chi connectivity index (χ0) is 22.7. The number of nitrogens with one attached hydrogen (secondary N) is 1. The van der Waals surface area contributed by atoms with Crippen LogP contribution in [0.2, 0.25) is 0 Å². The van der Waals surface area contributed by atoms with E-state index in [0.717, 1.165) is 17.7 Å². The topological polar surface area (TPSA) is 77.1 Å². The van der Waals surface area contributed by atoms with Crippen LogP contribution in [-0.2, 0) is 6.42 Å². The van der Waals surface area contributed by atoms with Gasteiger partial charge in [0.05, 0.1) is 21.3 Å². The van der Waals surface area contributed by atoms with Gasteiger partial charge in [-0.3, -0.25) is 9.59 Å². The second kappa shape index (κ2) is 9.01. The van der Waals surface area contributed by atoms with Crippen molar-refractivity contribution >= 4 is 23.2 Å². The molecule has 1 heterocycles. The number of methoxy groups -OCH3 is 3. The van der Waals surface area contributed by atoms with Gasteiger partial charge in [0.1, 0.15) is 17.2 Å². The van der Waals surface area contributed by atoms with Gasteiger partial charge in [-0.1, -0.05) is 6.07 Å². The van der Waals surface area contributed by atoms with Gasteiger partial charge in [-0.05, 0) is 60.5 Å². The van der Waals surface area contributed by atoms with Gasteiger partial charge >= 0.3 is 0 Å². The van der Waals surface area contributed by atoms with Crippen LogP contribution in [0.15, 0.2) is 60.7 Å². The van der Waals surface area contributed by atoms with E-state index in [1.807, 2.05) is 18.2 Å². The van der Waals surface area contributed by atoms with Crippen molar-refractivity contribution in [2.24, 2.45) is 0 Å². The monoisotopic (exact) mass is 432 g/mol. The molecule has 2 amide bonds. The summed E-state index contributed by atoms with van der Waals surface area (Å²) in [6.07, 6.45) is 0.762.